The third-order valence-corrected chi connectivity index (χ3v) is 2.78. The molecule has 6 heteroatoms. The Labute approximate surface area is 123 Å². The minimum Gasteiger partial charge on any atom is -0.493 e. The van der Waals surface area contributed by atoms with E-state index in [1.807, 2.05) is 36.4 Å². The van der Waals surface area contributed by atoms with Crippen molar-refractivity contribution in [2.24, 2.45) is 10.8 Å². The van der Waals surface area contributed by atoms with Crippen LogP contribution >= 0.6 is 0 Å². The van der Waals surface area contributed by atoms with Crippen LogP contribution in [-0.4, -0.2) is 20.2 Å². The first-order valence-corrected chi connectivity index (χ1v) is 6.36. The lowest BCUT2D eigenvalue weighted by molar-refractivity contribution is 0.355. The highest BCUT2D eigenvalue weighted by molar-refractivity contribution is 5.95. The summed E-state index contributed by atoms with van der Waals surface area (Å²) >= 11 is 0. The van der Waals surface area contributed by atoms with Crippen LogP contribution in [0.25, 0.3) is 0 Å². The highest BCUT2D eigenvalue weighted by Crippen LogP contribution is 2.29. The molecule has 0 spiro atoms. The third kappa shape index (κ3) is 3.87. The van der Waals surface area contributed by atoms with Gasteiger partial charge in [-0.05, 0) is 24.3 Å². The van der Waals surface area contributed by atoms with Gasteiger partial charge in [0.25, 0.3) is 0 Å². The van der Waals surface area contributed by atoms with Crippen LogP contribution in [-0.2, 0) is 0 Å². The Morgan fingerprint density at radius 2 is 1.71 bits per heavy atom. The number of methoxy groups -OCH3 is 2. The lowest BCUT2D eigenvalue weighted by atomic mass is 10.3. The Morgan fingerprint density at radius 1 is 1.00 bits per heavy atom. The zero-order chi connectivity index (χ0) is 15.1. The summed E-state index contributed by atoms with van der Waals surface area (Å²) in [6.07, 6.45) is 0. The van der Waals surface area contributed by atoms with Crippen molar-refractivity contribution in [3.8, 4) is 11.5 Å². The first-order valence-electron chi connectivity index (χ1n) is 6.36. The summed E-state index contributed by atoms with van der Waals surface area (Å²) in [6.45, 7) is 0. The van der Waals surface area contributed by atoms with E-state index in [4.69, 9.17) is 15.3 Å². The maximum Gasteiger partial charge on any atom is 0.215 e. The van der Waals surface area contributed by atoms with Crippen LogP contribution in [0.1, 0.15) is 0 Å². The van der Waals surface area contributed by atoms with Crippen molar-refractivity contribution in [1.29, 1.82) is 0 Å². The minimum absolute atomic E-state index is 0.424. The average Bonchev–Trinajstić information content (AvgIpc) is 2.55. The zero-order valence-corrected chi connectivity index (χ0v) is 12.0. The number of nitrogens with zero attached hydrogens (tertiary/aromatic N) is 1. The van der Waals surface area contributed by atoms with Gasteiger partial charge in [-0.3, -0.25) is 5.43 Å². The molecule has 0 bridgehead atoms. The quantitative estimate of drug-likeness (QED) is 0.348. The van der Waals surface area contributed by atoms with Crippen molar-refractivity contribution in [1.82, 2.24) is 5.43 Å². The number of nitrogens with one attached hydrogen (secondary N) is 2. The summed E-state index contributed by atoms with van der Waals surface area (Å²) in [7, 11) is 3.18. The molecule has 0 radical (unpaired) electrons. The second-order valence-electron chi connectivity index (χ2n) is 4.14. The first-order chi connectivity index (χ1) is 10.3. The average molecular weight is 286 g/mol. The van der Waals surface area contributed by atoms with Gasteiger partial charge in [-0.2, -0.15) is 0 Å². The van der Waals surface area contributed by atoms with E-state index < -0.39 is 0 Å². The molecule has 0 unspecified atom stereocenters. The smallest absolute Gasteiger partial charge is 0.215 e. The maximum atomic E-state index is 5.50. The van der Waals surface area contributed by atoms with Crippen molar-refractivity contribution in [2.75, 3.05) is 19.5 Å². The van der Waals surface area contributed by atoms with Gasteiger partial charge in [-0.1, -0.05) is 18.2 Å². The summed E-state index contributed by atoms with van der Waals surface area (Å²) in [5.41, 5.74) is 4.10. The Morgan fingerprint density at radius 3 is 2.33 bits per heavy atom. The molecule has 0 atom stereocenters. The van der Waals surface area contributed by atoms with Crippen molar-refractivity contribution in [3.63, 3.8) is 0 Å². The molecule has 0 saturated heterocycles. The van der Waals surface area contributed by atoms with Gasteiger partial charge in [-0.15, -0.1) is 0 Å². The van der Waals surface area contributed by atoms with E-state index in [0.717, 1.165) is 11.4 Å². The molecule has 2 aromatic rings. The molecular weight excluding hydrogens is 268 g/mol. The molecule has 0 saturated carbocycles. The fraction of sp³-hybridized carbons (Fsp3) is 0.133. The van der Waals surface area contributed by atoms with E-state index in [1.165, 1.54) is 0 Å². The number of ether oxygens (including phenoxy) is 2. The molecule has 2 rings (SSSR count). The summed E-state index contributed by atoms with van der Waals surface area (Å²) < 4.78 is 10.4. The number of guanidine groups is 1. The number of hydrazine groups is 1. The van der Waals surface area contributed by atoms with Crippen LogP contribution in [0.3, 0.4) is 0 Å². The van der Waals surface area contributed by atoms with Gasteiger partial charge in [0.15, 0.2) is 11.5 Å². The van der Waals surface area contributed by atoms with Crippen LogP contribution in [0.2, 0.25) is 0 Å². The van der Waals surface area contributed by atoms with Crippen molar-refractivity contribution in [2.45, 2.75) is 0 Å². The molecule has 2 aromatic carbocycles. The van der Waals surface area contributed by atoms with Gasteiger partial charge in [-0.25, -0.2) is 10.8 Å². The number of aliphatic imine (C=N–C) groups is 1. The Hall–Kier alpha value is -2.73. The molecule has 0 fully saturated rings. The lowest BCUT2D eigenvalue weighted by Crippen LogP contribution is -2.35. The number of para-hydroxylation sites is 1. The van der Waals surface area contributed by atoms with E-state index in [2.05, 4.69) is 15.7 Å². The molecule has 0 heterocycles. The molecule has 0 amide bonds. The Bertz CT molecular complexity index is 614. The molecule has 4 N–H and O–H groups in total. The summed E-state index contributed by atoms with van der Waals surface area (Å²) in [5.74, 6) is 7.20. The summed E-state index contributed by atoms with van der Waals surface area (Å²) in [4.78, 5) is 4.37. The van der Waals surface area contributed by atoms with E-state index in [9.17, 15) is 0 Å². The van der Waals surface area contributed by atoms with Crippen LogP contribution in [0, 0.1) is 0 Å². The molecule has 21 heavy (non-hydrogen) atoms. The number of anilines is 1. The number of rotatable bonds is 4. The minimum atomic E-state index is 0.424. The normalized spacial score (nSPS) is 10.9. The fourth-order valence-corrected chi connectivity index (χ4v) is 1.78. The molecule has 0 aliphatic carbocycles. The fourth-order valence-electron chi connectivity index (χ4n) is 1.78. The number of hydrogen-bond acceptors (Lipinski definition) is 4. The first kappa shape index (κ1) is 14.7. The highest BCUT2D eigenvalue weighted by Gasteiger charge is 2.06. The van der Waals surface area contributed by atoms with E-state index in [1.54, 1.807) is 26.4 Å². The van der Waals surface area contributed by atoms with Crippen LogP contribution in [0.5, 0.6) is 11.5 Å². The third-order valence-electron chi connectivity index (χ3n) is 2.78. The molecule has 0 aromatic heterocycles. The van der Waals surface area contributed by atoms with Crippen molar-refractivity contribution in [3.05, 3.63) is 48.5 Å². The molecule has 0 aliphatic rings. The predicted octanol–water partition coefficient (Wildman–Crippen LogP) is 2.27. The SMILES string of the molecule is COc1ccc(NC(=Nc2ccccc2)NN)cc1OC. The van der Waals surface area contributed by atoms with Gasteiger partial charge in [0.1, 0.15) is 0 Å². The van der Waals surface area contributed by atoms with Crippen LogP contribution in [0.4, 0.5) is 11.4 Å². The van der Waals surface area contributed by atoms with E-state index in [0.29, 0.717) is 17.5 Å². The van der Waals surface area contributed by atoms with Crippen molar-refractivity contribution >= 4 is 17.3 Å². The van der Waals surface area contributed by atoms with E-state index >= 15 is 0 Å². The topological polar surface area (TPSA) is 80.9 Å². The maximum absolute atomic E-state index is 5.50. The number of hydrogen-bond donors (Lipinski definition) is 3. The summed E-state index contributed by atoms with van der Waals surface area (Å²) in [5, 5.41) is 3.08. The largest absolute Gasteiger partial charge is 0.493 e. The lowest BCUT2D eigenvalue weighted by Gasteiger charge is -2.12. The monoisotopic (exact) mass is 286 g/mol. The summed E-state index contributed by atoms with van der Waals surface area (Å²) in [6, 6.07) is 15.0. The zero-order valence-electron chi connectivity index (χ0n) is 12.0. The Balaban J connectivity index is 2.21. The van der Waals surface area contributed by atoms with Crippen molar-refractivity contribution < 1.29 is 9.47 Å². The number of benzene rings is 2. The van der Waals surface area contributed by atoms with E-state index in [-0.39, 0.29) is 0 Å². The highest BCUT2D eigenvalue weighted by atomic mass is 16.5. The number of nitrogens with two attached hydrogens (primary N) is 1. The van der Waals surface area contributed by atoms with Gasteiger partial charge in [0, 0.05) is 11.8 Å². The van der Waals surface area contributed by atoms with Gasteiger partial charge < -0.3 is 14.8 Å². The van der Waals surface area contributed by atoms with Gasteiger partial charge in [0.05, 0.1) is 19.9 Å². The predicted molar refractivity (Wildman–Crippen MR) is 84.0 cm³/mol. The Kier molecular flexibility index (Phi) is 5.00. The van der Waals surface area contributed by atoms with Crippen LogP contribution in [0.15, 0.2) is 53.5 Å². The standard InChI is InChI=1S/C15H18N4O2/c1-20-13-9-8-12(10-14(13)21-2)18-15(19-16)17-11-6-4-3-5-7-11/h3-10H,16H2,1-2H3,(H2,17,18,19). The van der Waals surface area contributed by atoms with Crippen LogP contribution < -0.4 is 26.1 Å². The molecule has 6 nitrogen and oxygen atoms in total. The molecule has 110 valence electrons. The second kappa shape index (κ2) is 7.16. The van der Waals surface area contributed by atoms with Gasteiger partial charge in [0.2, 0.25) is 5.96 Å². The molecule has 0 aliphatic heterocycles. The second-order valence-corrected chi connectivity index (χ2v) is 4.14. The van der Waals surface area contributed by atoms with Gasteiger partial charge >= 0.3 is 0 Å². The molecular formula is C15H18N4O2.